The van der Waals surface area contributed by atoms with Gasteiger partial charge in [-0.25, -0.2) is 0 Å². The molecule has 1 N–H and O–H groups in total. The number of rotatable bonds is 1. The number of nitriles is 1. The average Bonchev–Trinajstić information content (AvgIpc) is 2.05. The molecule has 0 aliphatic carbocycles. The second kappa shape index (κ2) is 3.75. The van der Waals surface area contributed by atoms with E-state index in [-0.39, 0.29) is 13.0 Å². The summed E-state index contributed by atoms with van der Waals surface area (Å²) in [7, 11) is -0.352. The Balaban J connectivity index is 2.31. The Morgan fingerprint density at radius 2 is 2.09 bits per heavy atom. The lowest BCUT2D eigenvalue weighted by Gasteiger charge is -2.29. The first kappa shape index (κ1) is 8.57. The summed E-state index contributed by atoms with van der Waals surface area (Å²) in [5.41, 5.74) is 0. The van der Waals surface area contributed by atoms with E-state index in [1.165, 1.54) is 0 Å². The molecule has 3 nitrogen and oxygen atoms in total. The van der Waals surface area contributed by atoms with Crippen molar-refractivity contribution in [2.45, 2.75) is 19.7 Å². The zero-order chi connectivity index (χ0) is 8.27. The molecule has 0 spiro atoms. The minimum Gasteiger partial charge on any atom is -0.437 e. The third kappa shape index (κ3) is 2.21. The van der Waals surface area contributed by atoms with E-state index in [9.17, 15) is 5.02 Å². The van der Waals surface area contributed by atoms with Crippen LogP contribution in [0.5, 0.6) is 0 Å². The fourth-order valence-electron chi connectivity index (χ4n) is 1.40. The molecule has 0 aromatic heterocycles. The summed E-state index contributed by atoms with van der Waals surface area (Å²) in [6.45, 7) is 3.48. The molecule has 1 rings (SSSR count). The zero-order valence-corrected chi connectivity index (χ0v) is 6.82. The molecule has 0 amide bonds. The highest BCUT2D eigenvalue weighted by atomic mass is 16.2. The fraction of sp³-hybridized carbons (Fsp3) is 0.857. The summed E-state index contributed by atoms with van der Waals surface area (Å²) in [6.07, 6.45) is 1.81. The summed E-state index contributed by atoms with van der Waals surface area (Å²) < 4.78 is 0. The van der Waals surface area contributed by atoms with Crippen LogP contribution in [0.25, 0.3) is 0 Å². The highest BCUT2D eigenvalue weighted by Crippen LogP contribution is 2.15. The van der Waals surface area contributed by atoms with Crippen LogP contribution in [0.1, 0.15) is 12.8 Å². The average molecular weight is 152 g/mol. The second-order valence-corrected chi connectivity index (χ2v) is 3.07. The zero-order valence-electron chi connectivity index (χ0n) is 6.82. The van der Waals surface area contributed by atoms with Gasteiger partial charge in [0, 0.05) is 5.92 Å². The molecule has 0 aromatic rings. The fourth-order valence-corrected chi connectivity index (χ4v) is 1.40. The van der Waals surface area contributed by atoms with E-state index >= 15 is 0 Å². The minimum absolute atomic E-state index is 0.213. The molecule has 0 aromatic carbocycles. The van der Waals surface area contributed by atoms with Gasteiger partial charge in [0.1, 0.15) is 0 Å². The molecular formula is C7H13BN2O. The summed E-state index contributed by atoms with van der Waals surface area (Å²) in [6, 6.07) is 2.26. The van der Waals surface area contributed by atoms with Crippen LogP contribution in [0.15, 0.2) is 0 Å². The van der Waals surface area contributed by atoms with Crippen LogP contribution in [0, 0.1) is 17.2 Å². The van der Waals surface area contributed by atoms with Gasteiger partial charge in [-0.2, -0.15) is 5.26 Å². The number of hydrogen-bond acceptors (Lipinski definition) is 3. The van der Waals surface area contributed by atoms with Crippen molar-refractivity contribution in [1.82, 2.24) is 4.81 Å². The van der Waals surface area contributed by atoms with Crippen molar-refractivity contribution in [3.63, 3.8) is 0 Å². The first-order valence-corrected chi connectivity index (χ1v) is 4.05. The topological polar surface area (TPSA) is 47.3 Å². The van der Waals surface area contributed by atoms with Crippen molar-refractivity contribution in [3.05, 3.63) is 0 Å². The summed E-state index contributed by atoms with van der Waals surface area (Å²) >= 11 is 0. The van der Waals surface area contributed by atoms with Gasteiger partial charge in [0.25, 0.3) is 0 Å². The first-order chi connectivity index (χ1) is 5.24. The van der Waals surface area contributed by atoms with E-state index in [4.69, 9.17) is 5.26 Å². The Labute approximate surface area is 67.8 Å². The molecule has 0 unspecified atom stereocenters. The maximum Gasteiger partial charge on any atom is 0.376 e. The second-order valence-electron chi connectivity index (χ2n) is 3.07. The van der Waals surface area contributed by atoms with Gasteiger partial charge in [-0.05, 0) is 32.8 Å². The highest BCUT2D eigenvalue weighted by molar-refractivity contribution is 6.45. The summed E-state index contributed by atoms with van der Waals surface area (Å²) in [4.78, 5) is 1.99. The summed E-state index contributed by atoms with van der Waals surface area (Å²) in [5, 5.41) is 17.8. The van der Waals surface area contributed by atoms with E-state index < -0.39 is 0 Å². The van der Waals surface area contributed by atoms with Gasteiger partial charge in [0.2, 0.25) is 0 Å². The van der Waals surface area contributed by atoms with Crippen LogP contribution in [-0.2, 0) is 0 Å². The van der Waals surface area contributed by atoms with Gasteiger partial charge in [-0.3, -0.25) is 0 Å². The first-order valence-electron chi connectivity index (χ1n) is 4.05. The van der Waals surface area contributed by atoms with E-state index in [2.05, 4.69) is 6.07 Å². The van der Waals surface area contributed by atoms with Gasteiger partial charge >= 0.3 is 7.05 Å². The SMILES string of the molecule is CB(O)N1CCC(C#N)CC1. The van der Waals surface area contributed by atoms with Gasteiger partial charge in [0.05, 0.1) is 6.07 Å². The lowest BCUT2D eigenvalue weighted by atomic mass is 9.81. The Hall–Kier alpha value is -0.525. The van der Waals surface area contributed by atoms with Crippen LogP contribution in [0.3, 0.4) is 0 Å². The van der Waals surface area contributed by atoms with Crippen LogP contribution < -0.4 is 0 Å². The van der Waals surface area contributed by atoms with Crippen molar-refractivity contribution in [2.24, 2.45) is 5.92 Å². The predicted molar refractivity (Wildman–Crippen MR) is 43.7 cm³/mol. The third-order valence-electron chi connectivity index (χ3n) is 2.24. The molecule has 11 heavy (non-hydrogen) atoms. The smallest absolute Gasteiger partial charge is 0.376 e. The Kier molecular flexibility index (Phi) is 2.92. The maximum absolute atomic E-state index is 9.18. The predicted octanol–water partition coefficient (Wildman–Crippen LogP) is 0.332. The number of hydrogen-bond donors (Lipinski definition) is 1. The molecule has 1 heterocycles. The standard InChI is InChI=1S/C7H13BN2O/c1-8(11)10-4-2-7(6-9)3-5-10/h7,11H,2-5H2,1H3. The maximum atomic E-state index is 9.18. The van der Waals surface area contributed by atoms with Gasteiger partial charge in [-0.1, -0.05) is 0 Å². The van der Waals surface area contributed by atoms with Gasteiger partial charge in [-0.15, -0.1) is 0 Å². The van der Waals surface area contributed by atoms with Crippen LogP contribution in [0.2, 0.25) is 6.82 Å². The van der Waals surface area contributed by atoms with Gasteiger partial charge < -0.3 is 9.83 Å². The molecule has 0 atom stereocenters. The van der Waals surface area contributed by atoms with Crippen molar-refractivity contribution in [3.8, 4) is 6.07 Å². The van der Waals surface area contributed by atoms with Crippen LogP contribution in [-0.4, -0.2) is 30.0 Å². The van der Waals surface area contributed by atoms with Crippen molar-refractivity contribution in [2.75, 3.05) is 13.1 Å². The lowest BCUT2D eigenvalue weighted by molar-refractivity contribution is 0.281. The molecule has 1 saturated heterocycles. The van der Waals surface area contributed by atoms with E-state index in [0.29, 0.717) is 0 Å². The molecule has 1 aliphatic rings. The van der Waals surface area contributed by atoms with Crippen molar-refractivity contribution < 1.29 is 5.02 Å². The lowest BCUT2D eigenvalue weighted by Crippen LogP contribution is -2.42. The molecule has 0 bridgehead atoms. The van der Waals surface area contributed by atoms with E-state index in [0.717, 1.165) is 25.9 Å². The largest absolute Gasteiger partial charge is 0.437 e. The van der Waals surface area contributed by atoms with Crippen LogP contribution >= 0.6 is 0 Å². The van der Waals surface area contributed by atoms with Crippen LogP contribution in [0.4, 0.5) is 0 Å². The normalized spacial score (nSPS) is 21.2. The van der Waals surface area contributed by atoms with Crippen molar-refractivity contribution >= 4 is 7.05 Å². The molecule has 1 fully saturated rings. The van der Waals surface area contributed by atoms with E-state index in [1.807, 2.05) is 4.81 Å². The Bertz CT molecular complexity index is 158. The van der Waals surface area contributed by atoms with Gasteiger partial charge in [0.15, 0.2) is 0 Å². The highest BCUT2D eigenvalue weighted by Gasteiger charge is 2.23. The van der Waals surface area contributed by atoms with E-state index in [1.54, 1.807) is 6.82 Å². The third-order valence-corrected chi connectivity index (χ3v) is 2.24. The molecule has 0 saturated carbocycles. The van der Waals surface area contributed by atoms with Crippen molar-refractivity contribution in [1.29, 1.82) is 5.26 Å². The molecule has 60 valence electrons. The number of piperidine rings is 1. The minimum atomic E-state index is -0.352. The summed E-state index contributed by atoms with van der Waals surface area (Å²) in [5.74, 6) is 0.213. The molecule has 0 radical (unpaired) electrons. The molecule has 1 aliphatic heterocycles. The monoisotopic (exact) mass is 152 g/mol. The molecule has 4 heteroatoms. The molecular weight excluding hydrogens is 139 g/mol. The number of nitrogens with zero attached hydrogens (tertiary/aromatic N) is 2. The quantitative estimate of drug-likeness (QED) is 0.550. The Morgan fingerprint density at radius 1 is 1.55 bits per heavy atom. The Morgan fingerprint density at radius 3 is 2.45 bits per heavy atom.